The molecule has 0 spiro atoms. The van der Waals surface area contributed by atoms with Crippen LogP contribution >= 0.6 is 11.3 Å². The fraction of sp³-hybridized carbons (Fsp3) is 0.800. The second-order valence-corrected chi connectivity index (χ2v) is 6.38. The van der Waals surface area contributed by atoms with Gasteiger partial charge in [-0.1, -0.05) is 20.8 Å². The highest BCUT2D eigenvalue weighted by Crippen LogP contribution is 2.28. The molecule has 0 radical (unpaired) electrons. The van der Waals surface area contributed by atoms with Crippen LogP contribution < -0.4 is 10.2 Å². The maximum Gasteiger partial charge on any atom is 0.185 e. The van der Waals surface area contributed by atoms with Gasteiger partial charge in [-0.2, -0.15) is 0 Å². The summed E-state index contributed by atoms with van der Waals surface area (Å²) < 4.78 is 0. The predicted molar refractivity (Wildman–Crippen MR) is 86.2 cm³/mol. The van der Waals surface area contributed by atoms with Gasteiger partial charge in [-0.05, 0) is 39.2 Å². The van der Waals surface area contributed by atoms with Crippen molar-refractivity contribution < 1.29 is 0 Å². The van der Waals surface area contributed by atoms with Crippen molar-refractivity contribution in [3.05, 3.63) is 10.6 Å². The van der Waals surface area contributed by atoms with Crippen molar-refractivity contribution in [2.75, 3.05) is 24.5 Å². The topological polar surface area (TPSA) is 28.2 Å². The smallest absolute Gasteiger partial charge is 0.185 e. The number of thiazole rings is 1. The standard InChI is InChI=1S/C15H29N3S/c1-6-9-16-11-14-13(10-12(4)5)17-15(19-14)18(7-2)8-3/h12,16H,6-11H2,1-5H3. The molecule has 0 aliphatic carbocycles. The summed E-state index contributed by atoms with van der Waals surface area (Å²) in [5.41, 5.74) is 1.30. The fourth-order valence-electron chi connectivity index (χ4n) is 2.06. The Hall–Kier alpha value is -0.610. The molecule has 0 aromatic carbocycles. The molecule has 1 rings (SSSR count). The number of hydrogen-bond donors (Lipinski definition) is 1. The van der Waals surface area contributed by atoms with Crippen LogP contribution in [0.4, 0.5) is 5.13 Å². The monoisotopic (exact) mass is 283 g/mol. The molecule has 3 nitrogen and oxygen atoms in total. The Labute approximate surface area is 122 Å². The van der Waals surface area contributed by atoms with Crippen LogP contribution in [0.1, 0.15) is 51.6 Å². The van der Waals surface area contributed by atoms with Crippen LogP contribution in [0, 0.1) is 5.92 Å². The van der Waals surface area contributed by atoms with E-state index in [0.717, 1.165) is 32.6 Å². The molecule has 1 heterocycles. The van der Waals surface area contributed by atoms with E-state index in [9.17, 15) is 0 Å². The first-order valence-electron chi connectivity index (χ1n) is 7.56. The normalized spacial score (nSPS) is 11.3. The molecular formula is C15H29N3S. The molecule has 19 heavy (non-hydrogen) atoms. The van der Waals surface area contributed by atoms with Gasteiger partial charge in [0.25, 0.3) is 0 Å². The van der Waals surface area contributed by atoms with Crippen molar-refractivity contribution in [3.63, 3.8) is 0 Å². The number of nitrogens with zero attached hydrogens (tertiary/aromatic N) is 2. The van der Waals surface area contributed by atoms with E-state index < -0.39 is 0 Å². The Morgan fingerprint density at radius 1 is 1.21 bits per heavy atom. The van der Waals surface area contributed by atoms with Gasteiger partial charge in [0.05, 0.1) is 5.69 Å². The third-order valence-corrected chi connectivity index (χ3v) is 4.27. The lowest BCUT2D eigenvalue weighted by molar-refractivity contribution is 0.622. The largest absolute Gasteiger partial charge is 0.349 e. The first kappa shape index (κ1) is 16.4. The summed E-state index contributed by atoms with van der Waals surface area (Å²) in [6.45, 7) is 15.2. The van der Waals surface area contributed by atoms with Gasteiger partial charge >= 0.3 is 0 Å². The molecule has 0 unspecified atom stereocenters. The van der Waals surface area contributed by atoms with Crippen molar-refractivity contribution in [3.8, 4) is 0 Å². The van der Waals surface area contributed by atoms with Gasteiger partial charge in [0.2, 0.25) is 0 Å². The second kappa shape index (κ2) is 8.54. The average Bonchev–Trinajstić information content (AvgIpc) is 2.73. The van der Waals surface area contributed by atoms with Gasteiger partial charge < -0.3 is 10.2 Å². The quantitative estimate of drug-likeness (QED) is 0.701. The van der Waals surface area contributed by atoms with Crippen LogP contribution in [-0.2, 0) is 13.0 Å². The van der Waals surface area contributed by atoms with Gasteiger partial charge in [-0.25, -0.2) is 4.98 Å². The van der Waals surface area contributed by atoms with Crippen molar-refractivity contribution in [2.45, 2.75) is 54.0 Å². The number of anilines is 1. The Morgan fingerprint density at radius 2 is 1.89 bits per heavy atom. The Kier molecular flexibility index (Phi) is 7.39. The van der Waals surface area contributed by atoms with Crippen LogP contribution in [0.15, 0.2) is 0 Å². The maximum absolute atomic E-state index is 4.88. The van der Waals surface area contributed by atoms with Crippen molar-refractivity contribution >= 4 is 16.5 Å². The van der Waals surface area contributed by atoms with Crippen molar-refractivity contribution in [1.29, 1.82) is 0 Å². The molecule has 0 saturated carbocycles. The molecule has 1 aromatic heterocycles. The van der Waals surface area contributed by atoms with Crippen molar-refractivity contribution in [2.24, 2.45) is 5.92 Å². The first-order valence-corrected chi connectivity index (χ1v) is 8.38. The van der Waals surface area contributed by atoms with Gasteiger partial charge in [0.1, 0.15) is 0 Å². The minimum absolute atomic E-state index is 0.663. The molecule has 0 aliphatic heterocycles. The molecule has 0 amide bonds. The summed E-state index contributed by atoms with van der Waals surface area (Å²) in [5, 5.41) is 4.69. The number of hydrogen-bond acceptors (Lipinski definition) is 4. The van der Waals surface area contributed by atoms with Crippen molar-refractivity contribution in [1.82, 2.24) is 10.3 Å². The molecule has 110 valence electrons. The summed E-state index contributed by atoms with van der Waals surface area (Å²) in [7, 11) is 0. The van der Waals surface area contributed by atoms with E-state index in [1.165, 1.54) is 22.1 Å². The molecular weight excluding hydrogens is 254 g/mol. The first-order chi connectivity index (χ1) is 9.12. The lowest BCUT2D eigenvalue weighted by Crippen LogP contribution is -2.21. The number of aromatic nitrogens is 1. The summed E-state index contributed by atoms with van der Waals surface area (Å²) in [6, 6.07) is 0. The fourth-order valence-corrected chi connectivity index (χ4v) is 3.25. The van der Waals surface area contributed by atoms with E-state index >= 15 is 0 Å². The minimum atomic E-state index is 0.663. The van der Waals surface area contributed by atoms with Gasteiger partial charge in [-0.15, -0.1) is 11.3 Å². The highest BCUT2D eigenvalue weighted by atomic mass is 32.1. The van der Waals surface area contributed by atoms with Crippen LogP contribution in [-0.4, -0.2) is 24.6 Å². The molecule has 0 saturated heterocycles. The predicted octanol–water partition coefficient (Wildman–Crippen LogP) is 3.69. The van der Waals surface area contributed by atoms with Gasteiger partial charge in [-0.3, -0.25) is 0 Å². The molecule has 0 bridgehead atoms. The van der Waals surface area contributed by atoms with E-state index in [-0.39, 0.29) is 0 Å². The number of rotatable bonds is 9. The Bertz CT molecular complexity index is 356. The highest BCUT2D eigenvalue weighted by Gasteiger charge is 2.15. The SMILES string of the molecule is CCCNCc1sc(N(CC)CC)nc1CC(C)C. The zero-order valence-corrected chi connectivity index (χ0v) is 13.9. The highest BCUT2D eigenvalue weighted by molar-refractivity contribution is 7.15. The molecule has 1 aromatic rings. The Morgan fingerprint density at radius 3 is 2.42 bits per heavy atom. The summed E-state index contributed by atoms with van der Waals surface area (Å²) in [4.78, 5) is 8.64. The Balaban J connectivity index is 2.84. The van der Waals surface area contributed by atoms with E-state index in [0.29, 0.717) is 5.92 Å². The van der Waals surface area contributed by atoms with E-state index in [1.807, 2.05) is 11.3 Å². The van der Waals surface area contributed by atoms with Crippen LogP contribution in [0.25, 0.3) is 0 Å². The molecule has 0 fully saturated rings. The maximum atomic E-state index is 4.88. The van der Waals surface area contributed by atoms with Crippen LogP contribution in [0.5, 0.6) is 0 Å². The summed E-state index contributed by atoms with van der Waals surface area (Å²) >= 11 is 1.86. The van der Waals surface area contributed by atoms with E-state index in [2.05, 4.69) is 44.8 Å². The molecule has 0 atom stereocenters. The third kappa shape index (κ3) is 5.11. The molecule has 1 N–H and O–H groups in total. The average molecular weight is 283 g/mol. The second-order valence-electron chi connectivity index (χ2n) is 5.31. The lowest BCUT2D eigenvalue weighted by Gasteiger charge is -2.16. The van der Waals surface area contributed by atoms with Crippen LogP contribution in [0.3, 0.4) is 0 Å². The van der Waals surface area contributed by atoms with Gasteiger partial charge in [0.15, 0.2) is 5.13 Å². The number of nitrogens with one attached hydrogen (secondary N) is 1. The lowest BCUT2D eigenvalue weighted by atomic mass is 10.1. The van der Waals surface area contributed by atoms with E-state index in [4.69, 9.17) is 4.98 Å². The zero-order chi connectivity index (χ0) is 14.3. The minimum Gasteiger partial charge on any atom is -0.349 e. The molecule has 0 aliphatic rings. The van der Waals surface area contributed by atoms with E-state index in [1.54, 1.807) is 0 Å². The summed E-state index contributed by atoms with van der Waals surface area (Å²) in [6.07, 6.45) is 2.27. The van der Waals surface area contributed by atoms with Gasteiger partial charge in [0, 0.05) is 24.5 Å². The molecule has 4 heteroatoms. The van der Waals surface area contributed by atoms with Crippen LogP contribution in [0.2, 0.25) is 0 Å². The third-order valence-electron chi connectivity index (χ3n) is 3.11. The zero-order valence-electron chi connectivity index (χ0n) is 13.1. The summed E-state index contributed by atoms with van der Waals surface area (Å²) in [5.74, 6) is 0.663.